The first-order valence-corrected chi connectivity index (χ1v) is 7.40. The molecule has 0 fully saturated rings. The molecule has 0 aliphatic carbocycles. The average molecular weight is 286 g/mol. The Morgan fingerprint density at radius 1 is 1.20 bits per heavy atom. The van der Waals surface area contributed by atoms with Gasteiger partial charge in [-0.05, 0) is 24.3 Å². The van der Waals surface area contributed by atoms with Crippen molar-refractivity contribution < 1.29 is 19.7 Å². The number of unbranched alkanes of at least 4 members (excludes halogenated alkanes) is 2. The second-order valence-corrected chi connectivity index (χ2v) is 6.33. The maximum atomic E-state index is 11.1. The number of hydrogen-bond acceptors (Lipinski definition) is 4. The molecule has 3 atom stereocenters. The Balaban J connectivity index is 4.53. The molecule has 0 spiro atoms. The van der Waals surface area contributed by atoms with Gasteiger partial charge in [0.2, 0.25) is 0 Å². The summed E-state index contributed by atoms with van der Waals surface area (Å²) >= 11 is 0. The third kappa shape index (κ3) is 8.33. The highest BCUT2D eigenvalue weighted by Crippen LogP contribution is 2.22. The van der Waals surface area contributed by atoms with Crippen molar-refractivity contribution in [1.29, 1.82) is 0 Å². The quantitative estimate of drug-likeness (QED) is 0.409. The van der Waals surface area contributed by atoms with Crippen LogP contribution in [0.3, 0.4) is 0 Å². The topological polar surface area (TPSA) is 66.8 Å². The van der Waals surface area contributed by atoms with Gasteiger partial charge in [-0.25, -0.2) is 0 Å². The number of esters is 1. The fourth-order valence-electron chi connectivity index (χ4n) is 1.86. The molecule has 0 radical (unpaired) electrons. The van der Waals surface area contributed by atoms with Crippen molar-refractivity contribution in [3.05, 3.63) is 12.2 Å². The largest absolute Gasteiger partial charge is 0.458 e. The molecule has 0 unspecified atom stereocenters. The van der Waals surface area contributed by atoms with Crippen LogP contribution in [0.2, 0.25) is 0 Å². The van der Waals surface area contributed by atoms with Crippen molar-refractivity contribution >= 4 is 5.97 Å². The number of aliphatic hydroxyl groups is 2. The fraction of sp³-hybridized carbons (Fsp3) is 0.812. The molecule has 0 amide bonds. The number of carbonyl (C=O) groups is 1. The zero-order chi connectivity index (χ0) is 15.8. The molecule has 0 aromatic rings. The molecule has 0 bridgehead atoms. The standard InChI is InChI=1S/C16H30O4/c1-6-7-8-9-13(20-12(2)17)10-11-14(18)15(19)16(3,4)5/h10-11,13-15,18-19H,6-9H2,1-5H3/b11-10+/t13-,14-,15+/m1/s1. The monoisotopic (exact) mass is 286 g/mol. The van der Waals surface area contributed by atoms with E-state index in [-0.39, 0.29) is 12.1 Å². The van der Waals surface area contributed by atoms with E-state index in [0.29, 0.717) is 0 Å². The molecule has 0 heterocycles. The highest BCUT2D eigenvalue weighted by Gasteiger charge is 2.27. The van der Waals surface area contributed by atoms with Crippen molar-refractivity contribution in [1.82, 2.24) is 0 Å². The lowest BCUT2D eigenvalue weighted by molar-refractivity contribution is -0.144. The van der Waals surface area contributed by atoms with Crippen LogP contribution in [0, 0.1) is 5.41 Å². The molecule has 0 aliphatic rings. The van der Waals surface area contributed by atoms with Crippen LogP contribution in [0.4, 0.5) is 0 Å². The first-order chi connectivity index (χ1) is 9.18. The van der Waals surface area contributed by atoms with Crippen molar-refractivity contribution in [3.63, 3.8) is 0 Å². The highest BCUT2D eigenvalue weighted by atomic mass is 16.5. The van der Waals surface area contributed by atoms with Gasteiger partial charge < -0.3 is 14.9 Å². The van der Waals surface area contributed by atoms with E-state index in [2.05, 4.69) is 6.92 Å². The lowest BCUT2D eigenvalue weighted by Crippen LogP contribution is -2.36. The predicted molar refractivity (Wildman–Crippen MR) is 80.3 cm³/mol. The van der Waals surface area contributed by atoms with Crippen molar-refractivity contribution in [2.24, 2.45) is 5.41 Å². The second-order valence-electron chi connectivity index (χ2n) is 6.33. The van der Waals surface area contributed by atoms with Gasteiger partial charge in [-0.15, -0.1) is 0 Å². The van der Waals surface area contributed by atoms with Gasteiger partial charge in [0.25, 0.3) is 0 Å². The van der Waals surface area contributed by atoms with E-state index >= 15 is 0 Å². The number of aliphatic hydroxyl groups excluding tert-OH is 2. The molecule has 0 aromatic carbocycles. The predicted octanol–water partition coefficient (Wildman–Crippen LogP) is 2.82. The van der Waals surface area contributed by atoms with Crippen LogP contribution >= 0.6 is 0 Å². The summed E-state index contributed by atoms with van der Waals surface area (Å²) in [6.07, 6.45) is 4.94. The molecule has 4 nitrogen and oxygen atoms in total. The zero-order valence-corrected chi connectivity index (χ0v) is 13.4. The molecule has 0 saturated heterocycles. The first kappa shape index (κ1) is 19.1. The minimum Gasteiger partial charge on any atom is -0.458 e. The van der Waals surface area contributed by atoms with Gasteiger partial charge in [0.15, 0.2) is 0 Å². The van der Waals surface area contributed by atoms with Crippen molar-refractivity contribution in [2.45, 2.75) is 78.6 Å². The molecule has 0 aromatic heterocycles. The van der Waals surface area contributed by atoms with E-state index in [9.17, 15) is 15.0 Å². The summed E-state index contributed by atoms with van der Waals surface area (Å²) in [4.78, 5) is 11.1. The summed E-state index contributed by atoms with van der Waals surface area (Å²) in [5.74, 6) is -0.331. The second kappa shape index (κ2) is 9.14. The van der Waals surface area contributed by atoms with Crippen LogP contribution in [-0.2, 0) is 9.53 Å². The molecule has 118 valence electrons. The number of ether oxygens (including phenoxy) is 1. The molecule has 4 heteroatoms. The van der Waals surface area contributed by atoms with Crippen LogP contribution in [0.5, 0.6) is 0 Å². The van der Waals surface area contributed by atoms with Gasteiger partial charge in [-0.1, -0.05) is 46.6 Å². The van der Waals surface area contributed by atoms with Gasteiger partial charge in [0.1, 0.15) is 6.10 Å². The first-order valence-electron chi connectivity index (χ1n) is 7.40. The summed E-state index contributed by atoms with van der Waals surface area (Å²) in [7, 11) is 0. The van der Waals surface area contributed by atoms with Crippen LogP contribution in [0.25, 0.3) is 0 Å². The third-order valence-electron chi connectivity index (χ3n) is 3.14. The summed E-state index contributed by atoms with van der Waals surface area (Å²) in [6, 6.07) is 0. The Morgan fingerprint density at radius 3 is 2.25 bits per heavy atom. The summed E-state index contributed by atoms with van der Waals surface area (Å²) in [5, 5.41) is 19.9. The number of carbonyl (C=O) groups excluding carboxylic acids is 1. The molecular formula is C16H30O4. The fourth-order valence-corrected chi connectivity index (χ4v) is 1.86. The van der Waals surface area contributed by atoms with Gasteiger partial charge in [0.05, 0.1) is 12.2 Å². The molecule has 0 aliphatic heterocycles. The highest BCUT2D eigenvalue weighted by molar-refractivity contribution is 5.66. The molecule has 20 heavy (non-hydrogen) atoms. The summed E-state index contributed by atoms with van der Waals surface area (Å²) < 4.78 is 5.19. The number of hydrogen-bond donors (Lipinski definition) is 2. The Morgan fingerprint density at radius 2 is 1.80 bits per heavy atom. The van der Waals surface area contributed by atoms with Gasteiger partial charge in [-0.3, -0.25) is 4.79 Å². The Kier molecular flexibility index (Phi) is 8.74. The van der Waals surface area contributed by atoms with E-state index in [1.165, 1.54) is 13.0 Å². The van der Waals surface area contributed by atoms with Crippen LogP contribution in [0.15, 0.2) is 12.2 Å². The molecule has 0 saturated carbocycles. The van der Waals surface area contributed by atoms with Crippen molar-refractivity contribution in [2.75, 3.05) is 0 Å². The van der Waals surface area contributed by atoms with E-state index in [0.717, 1.165) is 25.7 Å². The Labute approximate surface area is 122 Å². The molecule has 2 N–H and O–H groups in total. The van der Waals surface area contributed by atoms with E-state index in [1.807, 2.05) is 20.8 Å². The maximum Gasteiger partial charge on any atom is 0.303 e. The number of rotatable bonds is 8. The minimum absolute atomic E-state index is 0.331. The SMILES string of the molecule is CCCCC[C@H](/C=C/[C@@H](O)[C@H](O)C(C)(C)C)OC(C)=O. The zero-order valence-electron chi connectivity index (χ0n) is 13.4. The average Bonchev–Trinajstić information content (AvgIpc) is 2.32. The summed E-state index contributed by atoms with van der Waals surface area (Å²) in [6.45, 7) is 9.07. The van der Waals surface area contributed by atoms with Gasteiger partial charge >= 0.3 is 5.97 Å². The Hall–Kier alpha value is -0.870. The lowest BCUT2D eigenvalue weighted by Gasteiger charge is -2.28. The van der Waals surface area contributed by atoms with Gasteiger partial charge in [-0.2, -0.15) is 0 Å². The van der Waals surface area contributed by atoms with Crippen LogP contribution in [-0.4, -0.2) is 34.5 Å². The molecule has 0 rings (SSSR count). The third-order valence-corrected chi connectivity index (χ3v) is 3.14. The lowest BCUT2D eigenvalue weighted by atomic mass is 9.85. The van der Waals surface area contributed by atoms with E-state index in [1.54, 1.807) is 6.08 Å². The van der Waals surface area contributed by atoms with Crippen LogP contribution < -0.4 is 0 Å². The van der Waals surface area contributed by atoms with E-state index in [4.69, 9.17) is 4.74 Å². The molecular weight excluding hydrogens is 256 g/mol. The van der Waals surface area contributed by atoms with Crippen molar-refractivity contribution in [3.8, 4) is 0 Å². The summed E-state index contributed by atoms with van der Waals surface area (Å²) in [5.41, 5.74) is -0.400. The van der Waals surface area contributed by atoms with Gasteiger partial charge in [0, 0.05) is 6.92 Å². The Bertz CT molecular complexity index is 304. The maximum absolute atomic E-state index is 11.1. The smallest absolute Gasteiger partial charge is 0.303 e. The van der Waals surface area contributed by atoms with Crippen LogP contribution in [0.1, 0.15) is 60.3 Å². The normalized spacial score (nSPS) is 16.9. The van der Waals surface area contributed by atoms with E-state index < -0.39 is 17.6 Å². The minimum atomic E-state index is -0.959.